The average molecular weight is 324 g/mol. The van der Waals surface area contributed by atoms with Gasteiger partial charge >= 0.3 is 6.18 Å². The summed E-state index contributed by atoms with van der Waals surface area (Å²) in [6.07, 6.45) is -7.88. The average Bonchev–Trinajstić information content (AvgIpc) is 2.14. The van der Waals surface area contributed by atoms with Crippen LogP contribution in [0.5, 0.6) is 0 Å². The van der Waals surface area contributed by atoms with Gasteiger partial charge in [0.2, 0.25) is 0 Å². The lowest BCUT2D eigenvalue weighted by Crippen LogP contribution is -2.12. The molecule has 0 N–H and O–H groups in total. The molecule has 0 aliphatic rings. The van der Waals surface area contributed by atoms with Crippen molar-refractivity contribution in [1.82, 2.24) is 4.98 Å². The van der Waals surface area contributed by atoms with Crippen LogP contribution < -0.4 is 0 Å². The van der Waals surface area contributed by atoms with E-state index >= 15 is 0 Å². The molecule has 0 unspecified atom stereocenters. The smallest absolute Gasteiger partial charge is 0.241 e. The highest BCUT2D eigenvalue weighted by Crippen LogP contribution is 2.36. The van der Waals surface area contributed by atoms with Crippen molar-refractivity contribution in [3.63, 3.8) is 0 Å². The summed E-state index contributed by atoms with van der Waals surface area (Å²) in [4.78, 5) is 2.91. The number of hydrogen-bond donors (Lipinski definition) is 0. The van der Waals surface area contributed by atoms with Crippen molar-refractivity contribution < 1.29 is 22.0 Å². The number of aromatic nitrogens is 1. The van der Waals surface area contributed by atoms with Crippen LogP contribution in [0.15, 0.2) is 10.5 Å². The Labute approximate surface area is 101 Å². The Morgan fingerprint density at radius 3 is 2.31 bits per heavy atom. The van der Waals surface area contributed by atoms with E-state index in [1.54, 1.807) is 0 Å². The predicted octanol–water partition coefficient (Wildman–Crippen LogP) is 4.54. The molecule has 1 aromatic rings. The van der Waals surface area contributed by atoms with E-state index in [2.05, 4.69) is 20.9 Å². The molecule has 1 rings (SSSR count). The van der Waals surface area contributed by atoms with Gasteiger partial charge in [-0.05, 0) is 27.6 Å². The highest BCUT2D eigenvalue weighted by atomic mass is 79.9. The van der Waals surface area contributed by atoms with Gasteiger partial charge in [0, 0.05) is 10.4 Å². The molecule has 0 bridgehead atoms. The first-order valence-electron chi connectivity index (χ1n) is 3.88. The summed E-state index contributed by atoms with van der Waals surface area (Å²) in [6, 6.07) is 0.907. The normalized spacial score (nSPS) is 12.2. The van der Waals surface area contributed by atoms with Crippen molar-refractivity contribution in [2.24, 2.45) is 0 Å². The number of nitrogens with zero attached hydrogens (tertiary/aromatic N) is 1. The number of hydrogen-bond acceptors (Lipinski definition) is 1. The molecule has 1 heterocycles. The van der Waals surface area contributed by atoms with Crippen LogP contribution in [0, 0.1) is 0 Å². The zero-order valence-electron chi connectivity index (χ0n) is 7.45. The van der Waals surface area contributed by atoms with Crippen LogP contribution in [-0.2, 0) is 12.1 Å². The minimum absolute atomic E-state index is 0.128. The summed E-state index contributed by atoms with van der Waals surface area (Å²) >= 11 is 7.96. The van der Waals surface area contributed by atoms with Gasteiger partial charge in [0.1, 0.15) is 5.69 Å². The maximum Gasteiger partial charge on any atom is 0.434 e. The molecular weight excluding hydrogens is 320 g/mol. The molecule has 0 amide bonds. The summed E-state index contributed by atoms with van der Waals surface area (Å²) < 4.78 is 61.5. The van der Waals surface area contributed by atoms with Crippen LogP contribution in [0.4, 0.5) is 22.0 Å². The molecule has 0 saturated heterocycles. The molecule has 0 aliphatic heterocycles. The fraction of sp³-hybridized carbons (Fsp3) is 0.375. The Morgan fingerprint density at radius 2 is 1.94 bits per heavy atom. The molecule has 0 aliphatic carbocycles. The molecule has 16 heavy (non-hydrogen) atoms. The van der Waals surface area contributed by atoms with Gasteiger partial charge in [-0.1, -0.05) is 0 Å². The summed E-state index contributed by atoms with van der Waals surface area (Å²) in [5.41, 5.74) is -2.45. The molecule has 0 fully saturated rings. The minimum atomic E-state index is -4.78. The summed E-state index contributed by atoms with van der Waals surface area (Å²) in [5, 5.41) is 0. The number of pyridine rings is 1. The lowest BCUT2D eigenvalue weighted by atomic mass is 10.2. The molecule has 0 atom stereocenters. The Hall–Kier alpha value is -0.430. The van der Waals surface area contributed by atoms with E-state index in [1.165, 1.54) is 0 Å². The monoisotopic (exact) mass is 323 g/mol. The molecular formula is C8H4BrClF5N. The maximum atomic E-state index is 12.4. The van der Waals surface area contributed by atoms with Gasteiger partial charge in [-0.15, -0.1) is 11.6 Å². The van der Waals surface area contributed by atoms with E-state index < -0.39 is 28.5 Å². The van der Waals surface area contributed by atoms with Crippen LogP contribution in [0.3, 0.4) is 0 Å². The summed E-state index contributed by atoms with van der Waals surface area (Å²) in [7, 11) is 0. The standard InChI is InChI=1S/C8H4BrClF5N/c9-4-1-3(2-10)5(7(11)12)16-6(4)8(13,14)15/h1,7H,2H2. The van der Waals surface area contributed by atoms with E-state index in [1.807, 2.05) is 0 Å². The highest BCUT2D eigenvalue weighted by molar-refractivity contribution is 9.10. The van der Waals surface area contributed by atoms with Gasteiger partial charge in [0.05, 0.1) is 0 Å². The first kappa shape index (κ1) is 13.6. The SMILES string of the molecule is FC(F)c1nc(C(F)(F)F)c(Br)cc1CCl. The first-order valence-corrected chi connectivity index (χ1v) is 5.20. The van der Waals surface area contributed by atoms with Crippen molar-refractivity contribution in [3.05, 3.63) is 27.5 Å². The van der Waals surface area contributed by atoms with Crippen molar-refractivity contribution in [2.75, 3.05) is 0 Å². The highest BCUT2D eigenvalue weighted by Gasteiger charge is 2.36. The first-order chi connectivity index (χ1) is 7.27. The van der Waals surface area contributed by atoms with Gasteiger partial charge in [0.15, 0.2) is 5.69 Å². The quantitative estimate of drug-likeness (QED) is 0.575. The van der Waals surface area contributed by atoms with Crippen molar-refractivity contribution in [3.8, 4) is 0 Å². The molecule has 8 heteroatoms. The Balaban J connectivity index is 3.39. The molecule has 0 saturated carbocycles. The van der Waals surface area contributed by atoms with E-state index in [0.717, 1.165) is 6.07 Å². The number of rotatable bonds is 2. The van der Waals surface area contributed by atoms with Gasteiger partial charge in [-0.3, -0.25) is 0 Å². The van der Waals surface area contributed by atoms with Crippen LogP contribution >= 0.6 is 27.5 Å². The topological polar surface area (TPSA) is 12.9 Å². The molecule has 1 nitrogen and oxygen atoms in total. The fourth-order valence-electron chi connectivity index (χ4n) is 1.04. The summed E-state index contributed by atoms with van der Waals surface area (Å²) in [6.45, 7) is 0. The Morgan fingerprint density at radius 1 is 1.38 bits per heavy atom. The van der Waals surface area contributed by atoms with Gasteiger partial charge in [0.25, 0.3) is 6.43 Å². The van der Waals surface area contributed by atoms with E-state index in [4.69, 9.17) is 11.6 Å². The third-order valence-corrected chi connectivity index (χ3v) is 2.60. The lowest BCUT2D eigenvalue weighted by molar-refractivity contribution is -0.142. The second-order valence-electron chi connectivity index (χ2n) is 2.80. The zero-order chi connectivity index (χ0) is 12.5. The molecule has 0 aromatic carbocycles. The van der Waals surface area contributed by atoms with Gasteiger partial charge in [-0.2, -0.15) is 13.2 Å². The fourth-order valence-corrected chi connectivity index (χ4v) is 1.84. The molecule has 0 spiro atoms. The molecule has 90 valence electrons. The molecule has 1 aromatic heterocycles. The van der Waals surface area contributed by atoms with Crippen molar-refractivity contribution in [1.29, 1.82) is 0 Å². The number of halogens is 7. The minimum Gasteiger partial charge on any atom is -0.241 e. The van der Waals surface area contributed by atoms with Crippen molar-refractivity contribution >= 4 is 27.5 Å². The third kappa shape index (κ3) is 2.82. The van der Waals surface area contributed by atoms with Crippen molar-refractivity contribution in [2.45, 2.75) is 18.5 Å². The van der Waals surface area contributed by atoms with Crippen LogP contribution in [0.1, 0.15) is 23.4 Å². The Kier molecular flexibility index (Phi) is 4.12. The lowest BCUT2D eigenvalue weighted by Gasteiger charge is -2.12. The Bertz CT molecular complexity index is 393. The second kappa shape index (κ2) is 4.83. The predicted molar refractivity (Wildman–Crippen MR) is 51.5 cm³/mol. The van der Waals surface area contributed by atoms with E-state index in [0.29, 0.717) is 0 Å². The van der Waals surface area contributed by atoms with Gasteiger partial charge in [-0.25, -0.2) is 13.8 Å². The summed E-state index contributed by atoms with van der Waals surface area (Å²) in [5.74, 6) is -0.330. The third-order valence-electron chi connectivity index (χ3n) is 1.71. The van der Waals surface area contributed by atoms with Crippen LogP contribution in [0.25, 0.3) is 0 Å². The molecule has 0 radical (unpaired) electrons. The maximum absolute atomic E-state index is 12.4. The van der Waals surface area contributed by atoms with E-state index in [-0.39, 0.29) is 11.4 Å². The second-order valence-corrected chi connectivity index (χ2v) is 3.92. The van der Waals surface area contributed by atoms with Gasteiger partial charge < -0.3 is 0 Å². The number of alkyl halides is 6. The van der Waals surface area contributed by atoms with Crippen LogP contribution in [-0.4, -0.2) is 4.98 Å². The zero-order valence-corrected chi connectivity index (χ0v) is 9.80. The van der Waals surface area contributed by atoms with Crippen LogP contribution in [0.2, 0.25) is 0 Å². The largest absolute Gasteiger partial charge is 0.434 e. The van der Waals surface area contributed by atoms with E-state index in [9.17, 15) is 22.0 Å².